The molecule has 0 aliphatic heterocycles. The van der Waals surface area contributed by atoms with Crippen LogP contribution in [-0.4, -0.2) is 15.7 Å². The fraction of sp³-hybridized carbons (Fsp3) is 0.636. The second-order valence-corrected chi connectivity index (χ2v) is 4.45. The van der Waals surface area contributed by atoms with Crippen molar-refractivity contribution >= 4 is 0 Å². The van der Waals surface area contributed by atoms with Crippen molar-refractivity contribution in [2.45, 2.75) is 32.6 Å². The largest absolute Gasteiger partial charge is 0.275 e. The molecule has 0 spiro atoms. The molecule has 15 heavy (non-hydrogen) atoms. The van der Waals surface area contributed by atoms with Gasteiger partial charge >= 0.3 is 0 Å². The third kappa shape index (κ3) is 1.90. The van der Waals surface area contributed by atoms with E-state index in [2.05, 4.69) is 5.10 Å². The number of rotatable bonds is 2. The van der Waals surface area contributed by atoms with Crippen LogP contribution >= 0.6 is 0 Å². The van der Waals surface area contributed by atoms with Crippen molar-refractivity contribution in [1.82, 2.24) is 9.78 Å². The lowest BCUT2D eigenvalue weighted by Gasteiger charge is -2.38. The lowest BCUT2D eigenvalue weighted by Crippen LogP contribution is -2.38. The normalized spacial score (nSPS) is 20.7. The van der Waals surface area contributed by atoms with Crippen molar-refractivity contribution in [3.8, 4) is 0 Å². The molecule has 1 aromatic rings. The minimum absolute atomic E-state index is 0.00678. The van der Waals surface area contributed by atoms with Crippen molar-refractivity contribution in [1.29, 1.82) is 0 Å². The van der Waals surface area contributed by atoms with E-state index in [9.17, 15) is 8.78 Å². The molecule has 1 aliphatic rings. The summed E-state index contributed by atoms with van der Waals surface area (Å²) < 4.78 is 27.2. The second-order valence-electron chi connectivity index (χ2n) is 4.45. The first-order chi connectivity index (χ1) is 6.89. The standard InChI is InChI=1S/C11H15F2N2/c1-7(9-4-11(12,13)5-9)10-6-15(3)14-8(10)2/h6,9H,4-5H2,1-3H3. The van der Waals surface area contributed by atoms with Gasteiger partial charge in [0.2, 0.25) is 5.92 Å². The number of halogens is 2. The van der Waals surface area contributed by atoms with Gasteiger partial charge in [0.15, 0.2) is 0 Å². The van der Waals surface area contributed by atoms with Gasteiger partial charge in [-0.1, -0.05) is 6.92 Å². The fourth-order valence-electron chi connectivity index (χ4n) is 2.17. The Balaban J connectivity index is 2.09. The monoisotopic (exact) mass is 213 g/mol. The molecule has 0 bridgehead atoms. The molecule has 0 unspecified atom stereocenters. The molecule has 1 heterocycles. The van der Waals surface area contributed by atoms with Crippen LogP contribution in [0.3, 0.4) is 0 Å². The molecule has 2 nitrogen and oxygen atoms in total. The Morgan fingerprint density at radius 3 is 2.53 bits per heavy atom. The van der Waals surface area contributed by atoms with E-state index in [1.165, 1.54) is 0 Å². The van der Waals surface area contributed by atoms with E-state index in [1.807, 2.05) is 27.1 Å². The predicted octanol–water partition coefficient (Wildman–Crippen LogP) is 2.72. The Morgan fingerprint density at radius 1 is 1.53 bits per heavy atom. The zero-order valence-electron chi connectivity index (χ0n) is 9.22. The maximum Gasteiger partial charge on any atom is 0.248 e. The van der Waals surface area contributed by atoms with E-state index in [4.69, 9.17) is 0 Å². The molecular formula is C11H15F2N2. The van der Waals surface area contributed by atoms with Gasteiger partial charge in [-0.15, -0.1) is 0 Å². The van der Waals surface area contributed by atoms with Crippen molar-refractivity contribution in [3.63, 3.8) is 0 Å². The maximum atomic E-state index is 12.7. The summed E-state index contributed by atoms with van der Waals surface area (Å²) in [6.07, 6.45) is 1.89. The molecular weight excluding hydrogens is 198 g/mol. The van der Waals surface area contributed by atoms with E-state index >= 15 is 0 Å². The molecule has 2 rings (SSSR count). The molecule has 0 aromatic carbocycles. The van der Waals surface area contributed by atoms with Crippen molar-refractivity contribution in [2.75, 3.05) is 0 Å². The fourth-order valence-corrected chi connectivity index (χ4v) is 2.17. The summed E-state index contributed by atoms with van der Waals surface area (Å²) in [5.41, 5.74) is 1.95. The molecule has 1 aliphatic carbocycles. The van der Waals surface area contributed by atoms with Gasteiger partial charge in [-0.2, -0.15) is 5.10 Å². The Bertz CT molecular complexity index is 363. The third-order valence-corrected chi connectivity index (χ3v) is 3.14. The average Bonchev–Trinajstić information content (AvgIpc) is 2.40. The van der Waals surface area contributed by atoms with E-state index in [-0.39, 0.29) is 18.8 Å². The van der Waals surface area contributed by atoms with Crippen LogP contribution in [0.15, 0.2) is 6.20 Å². The van der Waals surface area contributed by atoms with E-state index in [0.29, 0.717) is 0 Å². The Labute approximate surface area is 88.3 Å². The van der Waals surface area contributed by atoms with Crippen LogP contribution in [0.1, 0.15) is 31.0 Å². The van der Waals surface area contributed by atoms with Crippen LogP contribution in [0.4, 0.5) is 8.78 Å². The molecule has 0 atom stereocenters. The summed E-state index contributed by atoms with van der Waals surface area (Å²) in [5, 5.41) is 4.22. The molecule has 4 heteroatoms. The first-order valence-electron chi connectivity index (χ1n) is 5.11. The highest BCUT2D eigenvalue weighted by Crippen LogP contribution is 2.48. The summed E-state index contributed by atoms with van der Waals surface area (Å²) in [5.74, 6) is -1.36. The second kappa shape index (κ2) is 3.29. The first kappa shape index (κ1) is 10.6. The first-order valence-corrected chi connectivity index (χ1v) is 5.11. The molecule has 1 saturated carbocycles. The quantitative estimate of drug-likeness (QED) is 0.738. The number of nitrogens with zero attached hydrogens (tertiary/aromatic N) is 2. The third-order valence-electron chi connectivity index (χ3n) is 3.14. The van der Waals surface area contributed by atoms with Crippen molar-refractivity contribution in [3.05, 3.63) is 23.4 Å². The molecule has 83 valence electrons. The van der Waals surface area contributed by atoms with Crippen molar-refractivity contribution < 1.29 is 8.78 Å². The average molecular weight is 213 g/mol. The summed E-state index contributed by atoms with van der Waals surface area (Å²) in [6.45, 7) is 3.85. The van der Waals surface area contributed by atoms with Gasteiger partial charge in [-0.3, -0.25) is 4.68 Å². The van der Waals surface area contributed by atoms with Gasteiger partial charge in [-0.25, -0.2) is 8.78 Å². The molecule has 0 saturated heterocycles. The highest BCUT2D eigenvalue weighted by Gasteiger charge is 2.48. The smallest absolute Gasteiger partial charge is 0.248 e. The number of hydrogen-bond acceptors (Lipinski definition) is 1. The van der Waals surface area contributed by atoms with Gasteiger partial charge in [0, 0.05) is 37.6 Å². The van der Waals surface area contributed by atoms with Crippen molar-refractivity contribution in [2.24, 2.45) is 13.0 Å². The van der Waals surface area contributed by atoms with Crippen LogP contribution in [0, 0.1) is 18.8 Å². The zero-order chi connectivity index (χ0) is 11.2. The van der Waals surface area contributed by atoms with Crippen LogP contribution in [0.5, 0.6) is 0 Å². The Morgan fingerprint density at radius 2 is 2.13 bits per heavy atom. The number of hydrogen-bond donors (Lipinski definition) is 0. The molecule has 0 N–H and O–H groups in total. The Hall–Kier alpha value is -0.930. The number of aryl methyl sites for hydroxylation is 2. The zero-order valence-corrected chi connectivity index (χ0v) is 9.22. The van der Waals surface area contributed by atoms with E-state index < -0.39 is 5.92 Å². The predicted molar refractivity (Wildman–Crippen MR) is 53.6 cm³/mol. The highest BCUT2D eigenvalue weighted by atomic mass is 19.3. The Kier molecular flexibility index (Phi) is 2.32. The minimum Gasteiger partial charge on any atom is -0.275 e. The summed E-state index contributed by atoms with van der Waals surface area (Å²) in [4.78, 5) is 0. The lowest BCUT2D eigenvalue weighted by molar-refractivity contribution is -0.104. The number of alkyl halides is 2. The van der Waals surface area contributed by atoms with Crippen LogP contribution in [0.2, 0.25) is 0 Å². The van der Waals surface area contributed by atoms with Gasteiger partial charge < -0.3 is 0 Å². The van der Waals surface area contributed by atoms with E-state index in [1.54, 1.807) is 4.68 Å². The maximum absolute atomic E-state index is 12.7. The van der Waals surface area contributed by atoms with Gasteiger partial charge in [0.1, 0.15) is 0 Å². The van der Waals surface area contributed by atoms with Crippen LogP contribution in [0.25, 0.3) is 0 Å². The lowest BCUT2D eigenvalue weighted by atomic mass is 9.71. The van der Waals surface area contributed by atoms with Crippen LogP contribution < -0.4 is 0 Å². The van der Waals surface area contributed by atoms with Gasteiger partial charge in [-0.05, 0) is 12.8 Å². The van der Waals surface area contributed by atoms with Gasteiger partial charge in [0.25, 0.3) is 0 Å². The molecule has 1 aromatic heterocycles. The summed E-state index contributed by atoms with van der Waals surface area (Å²) in [7, 11) is 1.85. The molecule has 0 amide bonds. The summed E-state index contributed by atoms with van der Waals surface area (Å²) in [6, 6.07) is 0. The number of aromatic nitrogens is 2. The van der Waals surface area contributed by atoms with E-state index in [0.717, 1.165) is 17.2 Å². The SMILES string of the molecule is C[C](c1cn(C)nc1C)C1CC(F)(F)C1. The minimum atomic E-state index is -2.44. The molecule has 1 fully saturated rings. The molecule has 1 radical (unpaired) electrons. The van der Waals surface area contributed by atoms with Gasteiger partial charge in [0.05, 0.1) is 5.69 Å². The highest BCUT2D eigenvalue weighted by molar-refractivity contribution is 5.33. The van der Waals surface area contributed by atoms with Crippen LogP contribution in [-0.2, 0) is 7.05 Å². The topological polar surface area (TPSA) is 17.8 Å². The summed E-state index contributed by atoms with van der Waals surface area (Å²) >= 11 is 0.